The molecule has 1 unspecified atom stereocenters. The molecule has 1 aromatic carbocycles. The Hall–Kier alpha value is -0.910. The van der Waals surface area contributed by atoms with Gasteiger partial charge in [0.25, 0.3) is 0 Å². The minimum atomic E-state index is -3.43. The van der Waals surface area contributed by atoms with Crippen molar-refractivity contribution in [2.45, 2.75) is 44.2 Å². The summed E-state index contributed by atoms with van der Waals surface area (Å²) < 4.78 is 26.0. The van der Waals surface area contributed by atoms with E-state index in [0.717, 1.165) is 12.8 Å². The van der Waals surface area contributed by atoms with E-state index < -0.39 is 10.0 Å². The van der Waals surface area contributed by atoms with Gasteiger partial charge in [-0.05, 0) is 31.0 Å². The van der Waals surface area contributed by atoms with Crippen LogP contribution in [-0.2, 0) is 16.6 Å². The van der Waals surface area contributed by atoms with Crippen molar-refractivity contribution >= 4 is 10.0 Å². The summed E-state index contributed by atoms with van der Waals surface area (Å²) in [5, 5.41) is 8.94. The lowest BCUT2D eigenvalue weighted by atomic mass is 10.2. The quantitative estimate of drug-likeness (QED) is 0.861. The lowest BCUT2D eigenvalue weighted by molar-refractivity contribution is 0.281. The van der Waals surface area contributed by atoms with Gasteiger partial charge in [-0.25, -0.2) is 8.42 Å². The number of sulfonamides is 1. The molecule has 1 rings (SSSR count). The van der Waals surface area contributed by atoms with Gasteiger partial charge in [-0.1, -0.05) is 25.5 Å². The van der Waals surface area contributed by atoms with Crippen LogP contribution in [0.15, 0.2) is 29.2 Å². The maximum Gasteiger partial charge on any atom is 0.243 e. The molecule has 18 heavy (non-hydrogen) atoms. The molecule has 0 amide bonds. The van der Waals surface area contributed by atoms with Crippen LogP contribution in [0.1, 0.15) is 32.3 Å². The average Bonchev–Trinajstić information content (AvgIpc) is 2.38. The Balaban J connectivity index is 2.97. The van der Waals surface area contributed by atoms with Gasteiger partial charge in [-0.3, -0.25) is 0 Å². The number of hydrogen-bond donors (Lipinski definition) is 1. The Kier molecular flexibility index (Phi) is 5.31. The molecule has 0 spiro atoms. The molecular formula is C13H21NO3S. The highest BCUT2D eigenvalue weighted by molar-refractivity contribution is 7.89. The fourth-order valence-electron chi connectivity index (χ4n) is 1.77. The van der Waals surface area contributed by atoms with Crippen molar-refractivity contribution in [3.63, 3.8) is 0 Å². The predicted octanol–water partition coefficient (Wildman–Crippen LogP) is 1.99. The topological polar surface area (TPSA) is 57.6 Å². The zero-order valence-corrected chi connectivity index (χ0v) is 11.9. The molecule has 0 saturated carbocycles. The third-order valence-corrected chi connectivity index (χ3v) is 5.10. The Morgan fingerprint density at radius 3 is 2.28 bits per heavy atom. The van der Waals surface area contributed by atoms with Crippen molar-refractivity contribution in [3.8, 4) is 0 Å². The summed E-state index contributed by atoms with van der Waals surface area (Å²) in [6.07, 6.45) is 1.79. The van der Waals surface area contributed by atoms with E-state index in [0.29, 0.717) is 5.56 Å². The first-order valence-corrected chi connectivity index (χ1v) is 7.55. The molecule has 0 aliphatic rings. The van der Waals surface area contributed by atoms with Crippen LogP contribution in [0.2, 0.25) is 0 Å². The normalized spacial score (nSPS) is 13.8. The molecule has 4 nitrogen and oxygen atoms in total. The molecule has 0 bridgehead atoms. The fraction of sp³-hybridized carbons (Fsp3) is 0.538. The summed E-state index contributed by atoms with van der Waals surface area (Å²) in [6.45, 7) is 3.86. The van der Waals surface area contributed by atoms with E-state index in [9.17, 15) is 8.42 Å². The summed E-state index contributed by atoms with van der Waals surface area (Å²) in [5.41, 5.74) is 0.707. The number of rotatable bonds is 6. The standard InChI is InChI=1S/C13H21NO3S/c1-4-5-11(2)14(3)18(16,17)13-8-6-12(10-15)7-9-13/h6-9,11,15H,4-5,10H2,1-3H3. The van der Waals surface area contributed by atoms with Gasteiger partial charge in [0.2, 0.25) is 10.0 Å². The summed E-state index contributed by atoms with van der Waals surface area (Å²) >= 11 is 0. The van der Waals surface area contributed by atoms with Crippen LogP contribution in [-0.4, -0.2) is 30.9 Å². The molecule has 1 N–H and O–H groups in total. The van der Waals surface area contributed by atoms with Crippen LogP contribution in [0.4, 0.5) is 0 Å². The average molecular weight is 271 g/mol. The summed E-state index contributed by atoms with van der Waals surface area (Å²) in [4.78, 5) is 0.269. The third-order valence-electron chi connectivity index (χ3n) is 3.11. The van der Waals surface area contributed by atoms with E-state index in [4.69, 9.17) is 5.11 Å². The molecule has 0 aliphatic heterocycles. The summed E-state index contributed by atoms with van der Waals surface area (Å²) in [7, 11) is -1.83. The Morgan fingerprint density at radius 2 is 1.83 bits per heavy atom. The number of benzene rings is 1. The molecule has 0 heterocycles. The summed E-state index contributed by atoms with van der Waals surface area (Å²) in [5.74, 6) is 0. The van der Waals surface area contributed by atoms with Crippen LogP contribution in [0.3, 0.4) is 0 Å². The van der Waals surface area contributed by atoms with E-state index in [2.05, 4.69) is 0 Å². The molecule has 0 fully saturated rings. The number of nitrogens with zero attached hydrogens (tertiary/aromatic N) is 1. The molecule has 5 heteroatoms. The Labute approximate surface area is 109 Å². The predicted molar refractivity (Wildman–Crippen MR) is 71.7 cm³/mol. The van der Waals surface area contributed by atoms with Gasteiger partial charge >= 0.3 is 0 Å². The van der Waals surface area contributed by atoms with E-state index in [1.165, 1.54) is 16.4 Å². The van der Waals surface area contributed by atoms with Crippen LogP contribution in [0.25, 0.3) is 0 Å². The van der Waals surface area contributed by atoms with Crippen LogP contribution in [0.5, 0.6) is 0 Å². The summed E-state index contributed by atoms with van der Waals surface area (Å²) in [6, 6.07) is 6.32. The van der Waals surface area contributed by atoms with E-state index in [-0.39, 0.29) is 17.5 Å². The molecule has 102 valence electrons. The second-order valence-electron chi connectivity index (χ2n) is 4.46. The first-order chi connectivity index (χ1) is 8.43. The monoisotopic (exact) mass is 271 g/mol. The smallest absolute Gasteiger partial charge is 0.243 e. The van der Waals surface area contributed by atoms with Gasteiger partial charge in [0.1, 0.15) is 0 Å². The van der Waals surface area contributed by atoms with Crippen LogP contribution >= 0.6 is 0 Å². The van der Waals surface area contributed by atoms with E-state index >= 15 is 0 Å². The van der Waals surface area contributed by atoms with E-state index in [1.54, 1.807) is 19.2 Å². The second kappa shape index (κ2) is 6.31. The van der Waals surface area contributed by atoms with Gasteiger partial charge in [0.15, 0.2) is 0 Å². The van der Waals surface area contributed by atoms with Crippen LogP contribution in [0, 0.1) is 0 Å². The van der Waals surface area contributed by atoms with Crippen molar-refractivity contribution in [2.75, 3.05) is 7.05 Å². The maximum absolute atomic E-state index is 12.3. The molecule has 0 saturated heterocycles. The van der Waals surface area contributed by atoms with Gasteiger partial charge in [0.05, 0.1) is 11.5 Å². The highest BCUT2D eigenvalue weighted by Gasteiger charge is 2.24. The van der Waals surface area contributed by atoms with Crippen LogP contribution < -0.4 is 0 Å². The zero-order valence-electron chi connectivity index (χ0n) is 11.1. The van der Waals surface area contributed by atoms with Crippen molar-refractivity contribution in [3.05, 3.63) is 29.8 Å². The first kappa shape index (κ1) is 15.1. The number of hydrogen-bond acceptors (Lipinski definition) is 3. The molecule has 0 radical (unpaired) electrons. The van der Waals surface area contributed by atoms with Gasteiger partial charge in [0, 0.05) is 13.1 Å². The fourth-order valence-corrected chi connectivity index (χ4v) is 3.16. The van der Waals surface area contributed by atoms with Crippen molar-refractivity contribution in [2.24, 2.45) is 0 Å². The molecule has 0 aromatic heterocycles. The van der Waals surface area contributed by atoms with Crippen molar-refractivity contribution in [1.29, 1.82) is 0 Å². The SMILES string of the molecule is CCCC(C)N(C)S(=O)(=O)c1ccc(CO)cc1. The van der Waals surface area contributed by atoms with Crippen molar-refractivity contribution < 1.29 is 13.5 Å². The minimum Gasteiger partial charge on any atom is -0.392 e. The highest BCUT2D eigenvalue weighted by atomic mass is 32.2. The maximum atomic E-state index is 12.3. The van der Waals surface area contributed by atoms with E-state index in [1.807, 2.05) is 13.8 Å². The largest absolute Gasteiger partial charge is 0.392 e. The van der Waals surface area contributed by atoms with Gasteiger partial charge in [-0.15, -0.1) is 0 Å². The second-order valence-corrected chi connectivity index (χ2v) is 6.46. The Morgan fingerprint density at radius 1 is 1.28 bits per heavy atom. The number of aliphatic hydroxyl groups is 1. The van der Waals surface area contributed by atoms with Crippen molar-refractivity contribution in [1.82, 2.24) is 4.31 Å². The molecule has 1 aromatic rings. The van der Waals surface area contributed by atoms with Gasteiger partial charge < -0.3 is 5.11 Å². The third kappa shape index (κ3) is 3.31. The zero-order chi connectivity index (χ0) is 13.8. The first-order valence-electron chi connectivity index (χ1n) is 6.11. The minimum absolute atomic E-state index is 0.0162. The molecule has 0 aliphatic carbocycles. The lowest BCUT2D eigenvalue weighted by Gasteiger charge is -2.24. The van der Waals surface area contributed by atoms with Gasteiger partial charge in [-0.2, -0.15) is 4.31 Å². The Bertz CT molecular complexity index is 468. The molecule has 1 atom stereocenters. The highest BCUT2D eigenvalue weighted by Crippen LogP contribution is 2.19. The number of aliphatic hydroxyl groups excluding tert-OH is 1. The molecular weight excluding hydrogens is 250 g/mol. The lowest BCUT2D eigenvalue weighted by Crippen LogP contribution is -2.34.